The zero-order chi connectivity index (χ0) is 17.7. The molecule has 0 aliphatic rings. The number of rotatable bonds is 6. The molecule has 7 heteroatoms. The van der Waals surface area contributed by atoms with E-state index >= 15 is 0 Å². The molecular weight excluding hydrogens is 349 g/mol. The average Bonchev–Trinajstić information content (AvgIpc) is 2.50. The second-order valence-corrected chi connectivity index (χ2v) is 6.50. The Labute approximate surface area is 151 Å². The number of carbonyl (C=O) groups excluding carboxylic acids is 1. The molecule has 128 valence electrons. The Morgan fingerprint density at radius 3 is 2.75 bits per heavy atom. The topological polar surface area (TPSA) is 55.7 Å². The third-order valence-electron chi connectivity index (χ3n) is 3.46. The zero-order valence-electron chi connectivity index (χ0n) is 13.8. The van der Waals surface area contributed by atoms with Gasteiger partial charge in [0.15, 0.2) is 12.4 Å². The first-order valence-electron chi connectivity index (χ1n) is 7.44. The SMILES string of the molecule is COc1ccc(C)cc1C[NH+](C)CC(=O)Nc1ncc(Cl)cc1Cl. The van der Waals surface area contributed by atoms with Gasteiger partial charge in [-0.05, 0) is 25.1 Å². The van der Waals surface area contributed by atoms with Gasteiger partial charge in [-0.15, -0.1) is 0 Å². The fourth-order valence-electron chi connectivity index (χ4n) is 2.39. The van der Waals surface area contributed by atoms with Crippen LogP contribution in [0.4, 0.5) is 5.82 Å². The van der Waals surface area contributed by atoms with Crippen molar-refractivity contribution in [2.45, 2.75) is 13.5 Å². The summed E-state index contributed by atoms with van der Waals surface area (Å²) in [4.78, 5) is 17.2. The van der Waals surface area contributed by atoms with E-state index in [4.69, 9.17) is 27.9 Å². The highest BCUT2D eigenvalue weighted by Crippen LogP contribution is 2.22. The van der Waals surface area contributed by atoms with E-state index in [0.29, 0.717) is 22.4 Å². The van der Waals surface area contributed by atoms with Gasteiger partial charge in [-0.1, -0.05) is 34.8 Å². The number of methoxy groups -OCH3 is 1. The summed E-state index contributed by atoms with van der Waals surface area (Å²) >= 11 is 11.8. The van der Waals surface area contributed by atoms with Crippen LogP contribution in [0.3, 0.4) is 0 Å². The minimum Gasteiger partial charge on any atom is -0.496 e. The predicted molar refractivity (Wildman–Crippen MR) is 96.1 cm³/mol. The van der Waals surface area contributed by atoms with Gasteiger partial charge in [-0.25, -0.2) is 4.98 Å². The maximum absolute atomic E-state index is 12.2. The molecule has 1 heterocycles. The van der Waals surface area contributed by atoms with Gasteiger partial charge in [-0.3, -0.25) is 4.79 Å². The molecule has 0 fully saturated rings. The fraction of sp³-hybridized carbons (Fsp3) is 0.294. The van der Waals surface area contributed by atoms with Gasteiger partial charge in [0.1, 0.15) is 12.3 Å². The average molecular weight is 369 g/mol. The number of benzene rings is 1. The van der Waals surface area contributed by atoms with E-state index in [-0.39, 0.29) is 12.5 Å². The number of aryl methyl sites for hydroxylation is 1. The Hall–Kier alpha value is -1.82. The number of likely N-dealkylation sites (N-methyl/N-ethyl adjacent to an activating group) is 1. The minimum atomic E-state index is -0.171. The van der Waals surface area contributed by atoms with Crippen molar-refractivity contribution in [3.05, 3.63) is 51.6 Å². The number of hydrogen-bond acceptors (Lipinski definition) is 3. The highest BCUT2D eigenvalue weighted by atomic mass is 35.5. The molecular formula is C17H20Cl2N3O2+. The summed E-state index contributed by atoms with van der Waals surface area (Å²) in [6.45, 7) is 2.97. The van der Waals surface area contributed by atoms with Gasteiger partial charge in [-0.2, -0.15) is 0 Å². The predicted octanol–water partition coefficient (Wildman–Crippen LogP) is 2.36. The molecule has 0 saturated heterocycles. The Morgan fingerprint density at radius 2 is 2.08 bits per heavy atom. The van der Waals surface area contributed by atoms with Crippen LogP contribution < -0.4 is 15.0 Å². The van der Waals surface area contributed by atoms with Crippen LogP contribution in [0.25, 0.3) is 0 Å². The first kappa shape index (κ1) is 18.5. The lowest BCUT2D eigenvalue weighted by Crippen LogP contribution is -3.08. The zero-order valence-corrected chi connectivity index (χ0v) is 15.3. The normalized spacial score (nSPS) is 11.9. The lowest BCUT2D eigenvalue weighted by molar-refractivity contribution is -0.885. The summed E-state index contributed by atoms with van der Waals surface area (Å²) in [5.41, 5.74) is 2.21. The summed E-state index contributed by atoms with van der Waals surface area (Å²) in [6, 6.07) is 7.55. The molecule has 1 atom stereocenters. The molecule has 0 saturated carbocycles. The third-order valence-corrected chi connectivity index (χ3v) is 3.95. The van der Waals surface area contributed by atoms with Crippen molar-refractivity contribution in [3.8, 4) is 5.75 Å². The van der Waals surface area contributed by atoms with Crippen LogP contribution in [-0.2, 0) is 11.3 Å². The summed E-state index contributed by atoms with van der Waals surface area (Å²) in [5, 5.41) is 3.44. The molecule has 5 nitrogen and oxygen atoms in total. The van der Waals surface area contributed by atoms with Crippen LogP contribution in [0.2, 0.25) is 10.0 Å². The number of ether oxygens (including phenoxy) is 1. The Balaban J connectivity index is 1.98. The molecule has 1 aromatic heterocycles. The molecule has 1 aromatic carbocycles. The van der Waals surface area contributed by atoms with Gasteiger partial charge in [0.05, 0.1) is 24.2 Å². The first-order chi connectivity index (χ1) is 11.4. The van der Waals surface area contributed by atoms with Crippen LogP contribution in [-0.4, -0.2) is 31.6 Å². The second kappa shape index (κ2) is 8.33. The van der Waals surface area contributed by atoms with E-state index in [1.165, 1.54) is 6.20 Å². The van der Waals surface area contributed by atoms with Crippen LogP contribution in [0.1, 0.15) is 11.1 Å². The number of carbonyl (C=O) groups is 1. The van der Waals surface area contributed by atoms with E-state index in [1.54, 1.807) is 13.2 Å². The third kappa shape index (κ3) is 5.09. The molecule has 0 aliphatic heterocycles. The van der Waals surface area contributed by atoms with Crippen molar-refractivity contribution < 1.29 is 14.4 Å². The number of anilines is 1. The number of amides is 1. The molecule has 1 unspecified atom stereocenters. The number of nitrogens with zero attached hydrogens (tertiary/aromatic N) is 1. The largest absolute Gasteiger partial charge is 0.496 e. The van der Waals surface area contributed by atoms with Crippen molar-refractivity contribution in [3.63, 3.8) is 0 Å². The van der Waals surface area contributed by atoms with E-state index in [1.807, 2.05) is 26.1 Å². The Kier molecular flexibility index (Phi) is 6.43. The molecule has 24 heavy (non-hydrogen) atoms. The van der Waals surface area contributed by atoms with Crippen LogP contribution in [0.5, 0.6) is 5.75 Å². The maximum atomic E-state index is 12.2. The van der Waals surface area contributed by atoms with E-state index in [2.05, 4.69) is 16.4 Å². The maximum Gasteiger partial charge on any atom is 0.280 e. The number of halogens is 2. The van der Waals surface area contributed by atoms with E-state index < -0.39 is 0 Å². The number of pyridine rings is 1. The summed E-state index contributed by atoms with van der Waals surface area (Å²) < 4.78 is 5.37. The molecule has 2 N–H and O–H groups in total. The second-order valence-electron chi connectivity index (χ2n) is 5.66. The molecule has 0 spiro atoms. The molecule has 0 aliphatic carbocycles. The minimum absolute atomic E-state index is 0.171. The van der Waals surface area contributed by atoms with Gasteiger partial charge >= 0.3 is 0 Å². The first-order valence-corrected chi connectivity index (χ1v) is 8.20. The summed E-state index contributed by atoms with van der Waals surface area (Å²) in [5.74, 6) is 0.964. The molecule has 0 radical (unpaired) electrons. The van der Waals surface area contributed by atoms with Gasteiger partial charge in [0.2, 0.25) is 0 Å². The van der Waals surface area contributed by atoms with Gasteiger partial charge in [0.25, 0.3) is 5.91 Å². The molecule has 2 aromatic rings. The summed E-state index contributed by atoms with van der Waals surface area (Å²) in [6.07, 6.45) is 1.44. The number of quaternary nitrogens is 1. The van der Waals surface area contributed by atoms with Crippen LogP contribution in [0.15, 0.2) is 30.5 Å². The summed E-state index contributed by atoms with van der Waals surface area (Å²) in [7, 11) is 3.59. The van der Waals surface area contributed by atoms with Crippen molar-refractivity contribution in [1.29, 1.82) is 0 Å². The van der Waals surface area contributed by atoms with E-state index in [0.717, 1.165) is 21.8 Å². The number of aromatic nitrogens is 1. The fourth-order valence-corrected chi connectivity index (χ4v) is 2.82. The smallest absolute Gasteiger partial charge is 0.280 e. The standard InChI is InChI=1S/C17H19Cl2N3O2/c1-11-4-5-15(24-3)12(6-11)9-22(2)10-16(23)21-17-14(19)7-13(18)8-20-17/h4-8H,9-10H2,1-3H3,(H,20,21,23)/p+1. The van der Waals surface area contributed by atoms with Gasteiger partial charge < -0.3 is 15.0 Å². The lowest BCUT2D eigenvalue weighted by Gasteiger charge is -2.16. The highest BCUT2D eigenvalue weighted by Gasteiger charge is 2.15. The Morgan fingerprint density at radius 1 is 1.33 bits per heavy atom. The van der Waals surface area contributed by atoms with Crippen molar-refractivity contribution in [2.75, 3.05) is 26.0 Å². The monoisotopic (exact) mass is 368 g/mol. The van der Waals surface area contributed by atoms with Crippen LogP contribution in [0, 0.1) is 6.92 Å². The number of nitrogens with one attached hydrogen (secondary N) is 2. The van der Waals surface area contributed by atoms with Crippen molar-refractivity contribution in [1.82, 2.24) is 4.98 Å². The van der Waals surface area contributed by atoms with Crippen molar-refractivity contribution in [2.24, 2.45) is 0 Å². The van der Waals surface area contributed by atoms with Gasteiger partial charge in [0, 0.05) is 11.8 Å². The molecule has 1 amide bonds. The highest BCUT2D eigenvalue weighted by molar-refractivity contribution is 6.36. The lowest BCUT2D eigenvalue weighted by atomic mass is 10.1. The van der Waals surface area contributed by atoms with E-state index in [9.17, 15) is 4.79 Å². The number of hydrogen-bond donors (Lipinski definition) is 2. The van der Waals surface area contributed by atoms with Crippen molar-refractivity contribution >= 4 is 34.9 Å². The molecule has 2 rings (SSSR count). The molecule has 0 bridgehead atoms. The quantitative estimate of drug-likeness (QED) is 0.822. The Bertz CT molecular complexity index is 738. The van der Waals surface area contributed by atoms with Crippen LogP contribution >= 0.6 is 23.2 Å².